The lowest BCUT2D eigenvalue weighted by molar-refractivity contribution is -0.125. The summed E-state index contributed by atoms with van der Waals surface area (Å²) < 4.78 is 5.13. The fourth-order valence-corrected chi connectivity index (χ4v) is 2.59. The largest absolute Gasteiger partial charge is 0.497 e. The van der Waals surface area contributed by atoms with Crippen molar-refractivity contribution < 1.29 is 14.3 Å². The number of hydrogen-bond acceptors (Lipinski definition) is 4. The molecule has 1 aromatic carbocycles. The van der Waals surface area contributed by atoms with Crippen molar-refractivity contribution in [3.8, 4) is 5.75 Å². The van der Waals surface area contributed by atoms with E-state index in [9.17, 15) is 9.59 Å². The van der Waals surface area contributed by atoms with Crippen LogP contribution in [0.15, 0.2) is 18.2 Å². The predicted octanol–water partition coefficient (Wildman–Crippen LogP) is 0.876. The van der Waals surface area contributed by atoms with E-state index in [1.54, 1.807) is 30.1 Å². The third-order valence-electron chi connectivity index (χ3n) is 3.81. The van der Waals surface area contributed by atoms with E-state index in [0.717, 1.165) is 0 Å². The average Bonchev–Trinajstić information content (AvgIpc) is 2.52. The average molecular weight is 291 g/mol. The summed E-state index contributed by atoms with van der Waals surface area (Å²) in [5, 5.41) is 2.66. The highest BCUT2D eigenvalue weighted by atomic mass is 16.5. The first-order valence-electron chi connectivity index (χ1n) is 7.00. The minimum atomic E-state index is -0.0732. The molecule has 1 saturated heterocycles. The fraction of sp³-hybridized carbons (Fsp3) is 0.467. The summed E-state index contributed by atoms with van der Waals surface area (Å²) in [5.74, 6) is 0.539. The van der Waals surface area contributed by atoms with Gasteiger partial charge in [-0.15, -0.1) is 0 Å². The van der Waals surface area contributed by atoms with Crippen LogP contribution in [0, 0.1) is 5.92 Å². The van der Waals surface area contributed by atoms with Crippen LogP contribution in [0.25, 0.3) is 0 Å². The van der Waals surface area contributed by atoms with E-state index in [1.165, 1.54) is 7.11 Å². The second-order valence-electron chi connectivity index (χ2n) is 5.18. The Morgan fingerprint density at radius 3 is 2.52 bits per heavy atom. The number of methoxy groups -OCH3 is 1. The van der Waals surface area contributed by atoms with Gasteiger partial charge in [-0.1, -0.05) is 0 Å². The summed E-state index contributed by atoms with van der Waals surface area (Å²) in [6.45, 7) is 1.15. The molecule has 0 spiro atoms. The van der Waals surface area contributed by atoms with Crippen LogP contribution in [0.1, 0.15) is 23.2 Å². The molecule has 21 heavy (non-hydrogen) atoms. The summed E-state index contributed by atoms with van der Waals surface area (Å²) in [6.07, 6.45) is 1.37. The maximum atomic E-state index is 12.5. The minimum Gasteiger partial charge on any atom is -0.497 e. The molecular formula is C15H21N3O3. The van der Waals surface area contributed by atoms with Crippen molar-refractivity contribution in [2.45, 2.75) is 12.8 Å². The third-order valence-corrected chi connectivity index (χ3v) is 3.81. The standard InChI is InChI=1S/C15H21N3O3/c1-17-14(19)10-3-5-18(6-4-10)15(20)11-7-12(16)9-13(8-11)21-2/h7-10H,3-6,16H2,1-2H3,(H,17,19). The van der Waals surface area contributed by atoms with Crippen molar-refractivity contribution in [3.05, 3.63) is 23.8 Å². The molecule has 2 amide bonds. The van der Waals surface area contributed by atoms with E-state index in [2.05, 4.69) is 5.32 Å². The Bertz CT molecular complexity index is 537. The Morgan fingerprint density at radius 2 is 1.95 bits per heavy atom. The second kappa shape index (κ2) is 6.47. The summed E-state index contributed by atoms with van der Waals surface area (Å²) >= 11 is 0. The molecule has 0 aromatic heterocycles. The van der Waals surface area contributed by atoms with E-state index >= 15 is 0 Å². The smallest absolute Gasteiger partial charge is 0.254 e. The topological polar surface area (TPSA) is 84.7 Å². The normalized spacial score (nSPS) is 15.6. The maximum Gasteiger partial charge on any atom is 0.254 e. The number of amides is 2. The number of hydrogen-bond donors (Lipinski definition) is 2. The molecule has 0 radical (unpaired) electrons. The van der Waals surface area contributed by atoms with Crippen molar-refractivity contribution in [2.75, 3.05) is 33.0 Å². The number of piperidine rings is 1. The lowest BCUT2D eigenvalue weighted by Crippen LogP contribution is -2.42. The summed E-state index contributed by atoms with van der Waals surface area (Å²) in [4.78, 5) is 25.8. The van der Waals surface area contributed by atoms with Crippen molar-refractivity contribution in [2.24, 2.45) is 5.92 Å². The lowest BCUT2D eigenvalue weighted by Gasteiger charge is -2.31. The quantitative estimate of drug-likeness (QED) is 0.810. The van der Waals surface area contributed by atoms with Crippen molar-refractivity contribution in [1.29, 1.82) is 0 Å². The van der Waals surface area contributed by atoms with Gasteiger partial charge in [-0.05, 0) is 25.0 Å². The van der Waals surface area contributed by atoms with E-state index in [0.29, 0.717) is 42.9 Å². The molecule has 1 heterocycles. The molecule has 3 N–H and O–H groups in total. The van der Waals surface area contributed by atoms with Crippen LogP contribution in [-0.2, 0) is 4.79 Å². The molecule has 114 valence electrons. The highest BCUT2D eigenvalue weighted by Gasteiger charge is 2.27. The van der Waals surface area contributed by atoms with Gasteiger partial charge in [0.15, 0.2) is 0 Å². The molecule has 0 aliphatic carbocycles. The number of nitrogens with two attached hydrogens (primary N) is 1. The summed E-state index contributed by atoms with van der Waals surface area (Å²) in [7, 11) is 3.18. The number of rotatable bonds is 3. The van der Waals surface area contributed by atoms with Gasteiger partial charge in [0.2, 0.25) is 5.91 Å². The van der Waals surface area contributed by atoms with Crippen LogP contribution in [0.4, 0.5) is 5.69 Å². The van der Waals surface area contributed by atoms with Crippen molar-refractivity contribution >= 4 is 17.5 Å². The van der Waals surface area contributed by atoms with Crippen LogP contribution in [0.3, 0.4) is 0 Å². The predicted molar refractivity (Wildman–Crippen MR) is 80.1 cm³/mol. The SMILES string of the molecule is CNC(=O)C1CCN(C(=O)c2cc(N)cc(OC)c2)CC1. The Morgan fingerprint density at radius 1 is 1.29 bits per heavy atom. The minimum absolute atomic E-state index is 0.00516. The molecule has 6 heteroatoms. The van der Waals surface area contributed by atoms with Gasteiger partial charge in [0.05, 0.1) is 7.11 Å². The molecule has 2 rings (SSSR count). The van der Waals surface area contributed by atoms with Gasteiger partial charge < -0.3 is 20.7 Å². The zero-order chi connectivity index (χ0) is 15.4. The number of nitrogen functional groups attached to an aromatic ring is 1. The van der Waals surface area contributed by atoms with E-state index in [1.807, 2.05) is 0 Å². The molecule has 1 aliphatic heterocycles. The Hall–Kier alpha value is -2.24. The number of likely N-dealkylation sites (tertiary alicyclic amines) is 1. The monoisotopic (exact) mass is 291 g/mol. The van der Waals surface area contributed by atoms with Crippen molar-refractivity contribution in [3.63, 3.8) is 0 Å². The first-order chi connectivity index (χ1) is 10.0. The van der Waals surface area contributed by atoms with Gasteiger partial charge in [0.25, 0.3) is 5.91 Å². The molecule has 0 unspecified atom stereocenters. The number of carbonyl (C=O) groups excluding carboxylic acids is 2. The Balaban J connectivity index is 2.05. The van der Waals surface area contributed by atoms with Gasteiger partial charge in [0, 0.05) is 43.4 Å². The van der Waals surface area contributed by atoms with Crippen LogP contribution < -0.4 is 15.8 Å². The lowest BCUT2D eigenvalue weighted by atomic mass is 9.95. The number of nitrogens with zero attached hydrogens (tertiary/aromatic N) is 1. The third kappa shape index (κ3) is 3.45. The highest BCUT2D eigenvalue weighted by Crippen LogP contribution is 2.23. The Kier molecular flexibility index (Phi) is 4.67. The van der Waals surface area contributed by atoms with E-state index < -0.39 is 0 Å². The first kappa shape index (κ1) is 15.2. The summed E-state index contributed by atoms with van der Waals surface area (Å²) in [6, 6.07) is 5.01. The zero-order valence-electron chi connectivity index (χ0n) is 12.4. The molecule has 1 aliphatic rings. The van der Waals surface area contributed by atoms with Crippen LogP contribution in [-0.4, -0.2) is 44.0 Å². The molecule has 0 bridgehead atoms. The Labute approximate surface area is 124 Å². The number of nitrogens with one attached hydrogen (secondary N) is 1. The molecule has 1 fully saturated rings. The van der Waals surface area contributed by atoms with Crippen LogP contribution in [0.5, 0.6) is 5.75 Å². The van der Waals surface area contributed by atoms with Crippen LogP contribution >= 0.6 is 0 Å². The van der Waals surface area contributed by atoms with E-state index in [-0.39, 0.29) is 17.7 Å². The number of anilines is 1. The molecule has 1 aromatic rings. The molecule has 0 saturated carbocycles. The molecular weight excluding hydrogens is 270 g/mol. The fourth-order valence-electron chi connectivity index (χ4n) is 2.59. The van der Waals surface area contributed by atoms with Crippen molar-refractivity contribution in [1.82, 2.24) is 10.2 Å². The molecule has 6 nitrogen and oxygen atoms in total. The van der Waals surface area contributed by atoms with Gasteiger partial charge >= 0.3 is 0 Å². The maximum absolute atomic E-state index is 12.5. The van der Waals surface area contributed by atoms with E-state index in [4.69, 9.17) is 10.5 Å². The van der Waals surface area contributed by atoms with Gasteiger partial charge in [-0.3, -0.25) is 9.59 Å². The number of carbonyl (C=O) groups is 2. The second-order valence-corrected chi connectivity index (χ2v) is 5.18. The first-order valence-corrected chi connectivity index (χ1v) is 7.00. The number of benzene rings is 1. The summed E-state index contributed by atoms with van der Waals surface area (Å²) in [5.41, 5.74) is 6.80. The van der Waals surface area contributed by atoms with Gasteiger partial charge in [0.1, 0.15) is 5.75 Å². The molecule has 0 atom stereocenters. The highest BCUT2D eigenvalue weighted by molar-refractivity contribution is 5.95. The number of ether oxygens (including phenoxy) is 1. The van der Waals surface area contributed by atoms with Gasteiger partial charge in [-0.25, -0.2) is 0 Å². The zero-order valence-corrected chi connectivity index (χ0v) is 12.4. The van der Waals surface area contributed by atoms with Crippen LogP contribution in [0.2, 0.25) is 0 Å². The van der Waals surface area contributed by atoms with Gasteiger partial charge in [-0.2, -0.15) is 0 Å².